The maximum Gasteiger partial charge on any atom is 0.317 e. The molecule has 2 aliphatic heterocycles. The van der Waals surface area contributed by atoms with E-state index in [4.69, 9.17) is 14.2 Å². The number of amides is 3. The van der Waals surface area contributed by atoms with Crippen molar-refractivity contribution < 1.29 is 72.4 Å². The standard InChI is InChI=1S/C116H196N2O15/c1-10-16-22-26-30-34-38-42-46-50-54-58-62-66-70-92(8)86-103(115(129)132-85-84-131-99-80-78-95(79-81-99)105(120)90-104(119)94-76-74-91(7)75-77-94)108(113(126)127)98(73-69-65-61-57-53-49-45-41-37-33-29-25-19-13-4)89-102-106(111(123)118(110(102)122)83-21-15-6)96(71-67-63-59-55-51-47-43-39-35-31-27-23-17-11-2)88-101(109(121)117-82-20-14-5)107(112(124)125)97(87-100-93(9)114(128)133-116(100)130)72-68-64-60-56-52-48-44-40-36-32-28-24-18-12-3/h74-81,92-93,96-98,100-103,106-108H,10-73,82-90H2,1-9H3,(H,117,121)(H,124,125)(H,126,127). The Kier molecular flexibility index (Phi) is 68.6. The number of esters is 3. The lowest BCUT2D eigenvalue weighted by atomic mass is 9.66. The average Bonchev–Trinajstić information content (AvgIpc) is 1.53. The van der Waals surface area contributed by atoms with Gasteiger partial charge in [-0.15, -0.1) is 0 Å². The van der Waals surface area contributed by atoms with Gasteiger partial charge >= 0.3 is 29.8 Å². The number of rotatable bonds is 91. The monoisotopic (exact) mass is 1860 g/mol. The molecular formula is C116H196N2O15. The number of carbonyl (C=O) groups excluding carboxylic acids is 8. The summed E-state index contributed by atoms with van der Waals surface area (Å²) in [4.78, 5) is 149. The fourth-order valence-electron chi connectivity index (χ4n) is 21.4. The lowest BCUT2D eigenvalue weighted by Gasteiger charge is -2.37. The lowest BCUT2D eigenvalue weighted by Crippen LogP contribution is -2.45. The zero-order valence-corrected chi connectivity index (χ0v) is 86.3. The van der Waals surface area contributed by atoms with E-state index in [1.165, 1.54) is 223 Å². The molecule has 2 fully saturated rings. The summed E-state index contributed by atoms with van der Waals surface area (Å²) in [6, 6.07) is 13.6. The van der Waals surface area contributed by atoms with E-state index in [0.29, 0.717) is 74.7 Å². The molecule has 2 aromatic rings. The van der Waals surface area contributed by atoms with Gasteiger partial charge in [0.2, 0.25) is 17.7 Å². The van der Waals surface area contributed by atoms with Gasteiger partial charge in [0, 0.05) is 24.2 Å². The van der Waals surface area contributed by atoms with Crippen LogP contribution in [0.2, 0.25) is 0 Å². The third kappa shape index (κ3) is 51.3. The number of unbranched alkanes of at least 4 members (excludes halogenated alkanes) is 54. The second kappa shape index (κ2) is 76.7. The maximum atomic E-state index is 16.3. The van der Waals surface area contributed by atoms with Crippen LogP contribution >= 0.6 is 0 Å². The van der Waals surface area contributed by atoms with Crippen molar-refractivity contribution in [2.24, 2.45) is 71.0 Å². The highest BCUT2D eigenvalue weighted by molar-refractivity contribution is 6.13. The first-order valence-corrected chi connectivity index (χ1v) is 56.0. The number of ketones is 2. The minimum atomic E-state index is -1.36. The van der Waals surface area contributed by atoms with Crippen molar-refractivity contribution in [3.63, 3.8) is 0 Å². The molecule has 12 atom stereocenters. The van der Waals surface area contributed by atoms with Crippen LogP contribution in [-0.4, -0.2) is 101 Å². The van der Waals surface area contributed by atoms with Crippen molar-refractivity contribution in [1.29, 1.82) is 0 Å². The number of hydrogen-bond donors (Lipinski definition) is 3. The average molecular weight is 1860 g/mol. The molecule has 3 N–H and O–H groups in total. The van der Waals surface area contributed by atoms with Gasteiger partial charge in [-0.25, -0.2) is 0 Å². The van der Waals surface area contributed by atoms with Gasteiger partial charge in [0.25, 0.3) is 0 Å². The van der Waals surface area contributed by atoms with Gasteiger partial charge in [0.05, 0.1) is 53.8 Å². The fourth-order valence-corrected chi connectivity index (χ4v) is 21.4. The van der Waals surface area contributed by atoms with Gasteiger partial charge in [-0.1, -0.05) is 464 Å². The number of nitrogens with zero attached hydrogens (tertiary/aromatic N) is 1. The molecule has 0 aliphatic carbocycles. The summed E-state index contributed by atoms with van der Waals surface area (Å²) >= 11 is 0. The van der Waals surface area contributed by atoms with Crippen molar-refractivity contribution in [2.75, 3.05) is 26.3 Å². The van der Waals surface area contributed by atoms with E-state index in [0.717, 1.165) is 140 Å². The summed E-state index contributed by atoms with van der Waals surface area (Å²) < 4.78 is 17.7. The second-order valence-electron chi connectivity index (χ2n) is 41.3. The zero-order valence-electron chi connectivity index (χ0n) is 86.3. The molecule has 4 rings (SSSR count). The summed E-state index contributed by atoms with van der Waals surface area (Å²) in [7, 11) is 0. The highest BCUT2D eigenvalue weighted by atomic mass is 16.6. The van der Waals surface area contributed by atoms with Crippen LogP contribution < -0.4 is 10.1 Å². The molecule has 17 heteroatoms. The summed E-state index contributed by atoms with van der Waals surface area (Å²) in [5.74, 6) is -17.3. The Morgan fingerprint density at radius 3 is 1.11 bits per heavy atom. The number of carbonyl (C=O) groups is 10. The van der Waals surface area contributed by atoms with Gasteiger partial charge in [-0.05, 0) is 113 Å². The Morgan fingerprint density at radius 1 is 0.391 bits per heavy atom. The highest BCUT2D eigenvalue weighted by Crippen LogP contribution is 2.48. The molecule has 2 heterocycles. The maximum absolute atomic E-state index is 16.3. The van der Waals surface area contributed by atoms with Gasteiger partial charge in [-0.2, -0.15) is 0 Å². The third-order valence-corrected chi connectivity index (χ3v) is 29.8. The van der Waals surface area contributed by atoms with Crippen LogP contribution in [0.3, 0.4) is 0 Å². The van der Waals surface area contributed by atoms with Crippen LogP contribution in [0.25, 0.3) is 0 Å². The normalized spacial score (nSPS) is 17.0. The Labute approximate surface area is 810 Å². The highest BCUT2D eigenvalue weighted by Gasteiger charge is 2.55. The number of likely N-dealkylation sites (tertiary alicyclic amines) is 1. The first-order valence-electron chi connectivity index (χ1n) is 56.0. The molecule has 133 heavy (non-hydrogen) atoms. The number of ether oxygens (including phenoxy) is 3. The number of benzene rings is 2. The third-order valence-electron chi connectivity index (χ3n) is 29.8. The van der Waals surface area contributed by atoms with Crippen molar-refractivity contribution in [2.45, 2.75) is 505 Å². The Balaban J connectivity index is 1.87. The molecule has 2 aromatic carbocycles. The van der Waals surface area contributed by atoms with Crippen LogP contribution in [0.15, 0.2) is 48.5 Å². The summed E-state index contributed by atoms with van der Waals surface area (Å²) in [5, 5.41) is 27.6. The summed E-state index contributed by atoms with van der Waals surface area (Å²) in [5.41, 5.74) is 1.81. The first-order chi connectivity index (χ1) is 64.7. The van der Waals surface area contributed by atoms with Crippen molar-refractivity contribution in [3.05, 3.63) is 65.2 Å². The molecule has 0 spiro atoms. The molecule has 0 saturated carbocycles. The minimum Gasteiger partial charge on any atom is -0.490 e. The molecule has 2 saturated heterocycles. The Morgan fingerprint density at radius 2 is 0.737 bits per heavy atom. The predicted octanol–water partition coefficient (Wildman–Crippen LogP) is 31.2. The molecule has 3 amide bonds. The summed E-state index contributed by atoms with van der Waals surface area (Å²) in [6.45, 7) is 18.8. The smallest absolute Gasteiger partial charge is 0.317 e. The van der Waals surface area contributed by atoms with Crippen LogP contribution in [0.5, 0.6) is 5.75 Å². The SMILES string of the molecule is CCCCCCCCCCCCCCCCC(C)CC(C(=O)OCCOc1ccc(C(=O)CC(=O)c2ccc(C)cc2)cc1)C(C(=O)O)C(CCCCCCCCCCCCCCCC)CC1C(=O)N(CCCC)C(=O)C1C(CCCCCCCCCCCCCCCC)CC(C(=O)NCCCC)C(C(=O)O)C(CCCCCCCCCCCCCCCC)CC1C(=O)OC(=O)C1C. The van der Waals surface area contributed by atoms with Crippen molar-refractivity contribution >= 4 is 59.1 Å². The number of cyclic esters (lactones) is 2. The number of Topliss-reactive ketones (excluding diaryl/α,β-unsaturated/α-hetero) is 2. The molecule has 0 bridgehead atoms. The van der Waals surface area contributed by atoms with Crippen LogP contribution in [0, 0.1) is 77.9 Å². The first kappa shape index (κ1) is 119. The second-order valence-corrected chi connectivity index (χ2v) is 41.3. The van der Waals surface area contributed by atoms with E-state index in [1.54, 1.807) is 43.3 Å². The lowest BCUT2D eigenvalue weighted by molar-refractivity contribution is -0.162. The number of carboxylic acid groups (broad SMARTS) is 2. The minimum absolute atomic E-state index is 0.0157. The fraction of sp³-hybridized carbons (Fsp3) is 0.810. The zero-order chi connectivity index (χ0) is 96.7. The van der Waals surface area contributed by atoms with E-state index >= 15 is 24.0 Å². The number of carboxylic acids is 2. The van der Waals surface area contributed by atoms with Crippen LogP contribution in [-0.2, 0) is 47.8 Å². The van der Waals surface area contributed by atoms with E-state index in [-0.39, 0.29) is 81.8 Å². The van der Waals surface area contributed by atoms with Gasteiger partial charge in [0.1, 0.15) is 19.0 Å². The Bertz CT molecular complexity index is 3390. The molecule has 12 unspecified atom stereocenters. The van der Waals surface area contributed by atoms with Crippen molar-refractivity contribution in [1.82, 2.24) is 10.2 Å². The van der Waals surface area contributed by atoms with E-state index < -0.39 is 107 Å². The number of nitrogens with one attached hydrogen (secondary N) is 1. The molecule has 0 aromatic heterocycles. The van der Waals surface area contributed by atoms with Crippen LogP contribution in [0.1, 0.15) is 525 Å². The molecule has 2 aliphatic rings. The van der Waals surface area contributed by atoms with Gasteiger partial charge < -0.3 is 29.7 Å². The molecule has 0 radical (unpaired) electrons. The quantitative estimate of drug-likeness (QED) is 0.0183. The number of imide groups is 1. The largest absolute Gasteiger partial charge is 0.490 e. The van der Waals surface area contributed by atoms with E-state index in [2.05, 4.69) is 39.9 Å². The molecular weight excluding hydrogens is 1660 g/mol. The molecule has 760 valence electrons. The van der Waals surface area contributed by atoms with E-state index in [9.17, 15) is 34.2 Å². The van der Waals surface area contributed by atoms with Gasteiger partial charge in [0.15, 0.2) is 11.6 Å². The van der Waals surface area contributed by atoms with Crippen molar-refractivity contribution in [3.8, 4) is 5.75 Å². The molecule has 17 nitrogen and oxygen atoms in total. The van der Waals surface area contributed by atoms with Gasteiger partial charge in [-0.3, -0.25) is 52.8 Å². The number of aryl methyl sites for hydroxylation is 1. The number of hydrogen-bond acceptors (Lipinski definition) is 13. The van der Waals surface area contributed by atoms with Crippen LogP contribution in [0.4, 0.5) is 0 Å². The Hall–Kier alpha value is -6.26. The topological polar surface area (TPSA) is 254 Å². The predicted molar refractivity (Wildman–Crippen MR) is 545 cm³/mol. The summed E-state index contributed by atoms with van der Waals surface area (Å²) in [6.07, 6.45) is 68.5. The number of aliphatic carboxylic acids is 2. The van der Waals surface area contributed by atoms with E-state index in [1.807, 2.05) is 32.9 Å².